The van der Waals surface area contributed by atoms with Crippen LogP contribution in [-0.4, -0.2) is 0 Å². The van der Waals surface area contributed by atoms with E-state index in [0.29, 0.717) is 0 Å². The molecule has 0 bridgehead atoms. The Morgan fingerprint density at radius 2 is 1.21 bits per heavy atom. The first-order chi connectivity index (χ1) is 28.0. The summed E-state index contributed by atoms with van der Waals surface area (Å²) in [4.78, 5) is 0. The van der Waals surface area contributed by atoms with Crippen LogP contribution in [0.3, 0.4) is 0 Å². The summed E-state index contributed by atoms with van der Waals surface area (Å²) in [6, 6.07) is 48.2. The van der Waals surface area contributed by atoms with E-state index in [2.05, 4.69) is 164 Å². The first kappa shape index (κ1) is 40.9. The van der Waals surface area contributed by atoms with Crippen molar-refractivity contribution in [1.29, 1.82) is 0 Å². The molecule has 0 radical (unpaired) electrons. The Labute approximate surface area is 354 Å². The molecule has 1 saturated carbocycles. The second-order valence-electron chi connectivity index (χ2n) is 16.0. The van der Waals surface area contributed by atoms with Gasteiger partial charge in [-0.05, 0) is 0 Å². The van der Waals surface area contributed by atoms with Gasteiger partial charge in [0.1, 0.15) is 0 Å². The molecule has 0 unspecified atom stereocenters. The molecular weight excluding hydrogens is 882 g/mol. The number of rotatable bonds is 16. The minimum atomic E-state index is -2.45. The van der Waals surface area contributed by atoms with Crippen molar-refractivity contribution in [2.45, 2.75) is 103 Å². The predicted molar refractivity (Wildman–Crippen MR) is 245 cm³/mol. The molecule has 2 aliphatic rings. The number of hydrogen-bond acceptors (Lipinski definition) is 0. The van der Waals surface area contributed by atoms with Gasteiger partial charge in [-0.25, -0.2) is 0 Å². The van der Waals surface area contributed by atoms with E-state index in [-0.39, 0.29) is 5.41 Å². The van der Waals surface area contributed by atoms with E-state index in [1.807, 2.05) is 17.9 Å². The molecule has 5 aromatic carbocycles. The zero-order valence-corrected chi connectivity index (χ0v) is 37.4. The minimum absolute atomic E-state index is 0.0870. The third-order valence-corrected chi connectivity index (χ3v) is 17.9. The molecule has 0 spiro atoms. The molecule has 0 heterocycles. The number of benzene rings is 5. The van der Waals surface area contributed by atoms with Crippen molar-refractivity contribution in [2.75, 3.05) is 0 Å². The van der Waals surface area contributed by atoms with Gasteiger partial charge in [0.15, 0.2) is 0 Å². The van der Waals surface area contributed by atoms with E-state index in [4.69, 9.17) is 6.42 Å². The molecule has 0 atom stereocenters. The third kappa shape index (κ3) is 8.09. The fourth-order valence-corrected chi connectivity index (χ4v) is 15.5. The van der Waals surface area contributed by atoms with Crippen LogP contribution in [-0.2, 0) is 23.4 Å². The average Bonchev–Trinajstić information content (AvgIpc) is 3.79. The van der Waals surface area contributed by atoms with Gasteiger partial charge < -0.3 is 0 Å². The van der Waals surface area contributed by atoms with Crippen LogP contribution in [0.4, 0.5) is 0 Å². The van der Waals surface area contributed by atoms with Gasteiger partial charge in [-0.2, -0.15) is 0 Å². The number of terminal acetylenes is 1. The number of fused-ring (bicyclic) bond motifs is 3. The summed E-state index contributed by atoms with van der Waals surface area (Å²) in [5, 5.41) is 5.32. The summed E-state index contributed by atoms with van der Waals surface area (Å²) in [5.41, 5.74) is 11.8. The van der Waals surface area contributed by atoms with Crippen LogP contribution in [0.15, 0.2) is 157 Å². The van der Waals surface area contributed by atoms with Gasteiger partial charge in [-0.3, -0.25) is 0 Å². The molecule has 57 heavy (non-hydrogen) atoms. The zero-order chi connectivity index (χ0) is 39.7. The molecule has 0 amide bonds. The number of unbranched alkanes of at least 4 members (excludes halogenated alkanes) is 6. The Kier molecular flexibility index (Phi) is 13.6. The Hall–Kier alpha value is -4.27. The molecule has 1 fully saturated rings. The van der Waals surface area contributed by atoms with Crippen LogP contribution in [0.1, 0.15) is 120 Å². The standard InChI is InChI=1S/C55H57P.Os/c1-6-9-11-22-37-55(38-23-12-10-7-2)53-39-44(8-3)33-35-50(53)51-36-34-46(41-54(51)55)52(40-45-26-24-25-42(45)4)43(5)56(47-27-16-13-17-28-47,48-29-18-14-19-30-48)49-31-20-15-21-32-49;/h3,13-21,27-36,39-41H,4,6-7,9-12,22-26,37-38H2,1-2H3;/q+1;. The van der Waals surface area contributed by atoms with Crippen LogP contribution in [0, 0.1) is 16.7 Å². The summed E-state index contributed by atoms with van der Waals surface area (Å²) < 4.78 is 4.00. The predicted octanol–water partition coefficient (Wildman–Crippen LogP) is 13.8. The quantitative estimate of drug-likeness (QED) is 0.0525. The van der Waals surface area contributed by atoms with Crippen LogP contribution >= 0.6 is 7.26 Å². The van der Waals surface area contributed by atoms with E-state index in [0.717, 1.165) is 37.7 Å². The molecule has 0 N–H and O–H groups in total. The molecular formula is C55H57OsP+. The maximum absolute atomic E-state index is 6.13. The molecule has 0 aliphatic heterocycles. The molecule has 5 aromatic rings. The van der Waals surface area contributed by atoms with Crippen molar-refractivity contribution in [3.63, 3.8) is 0 Å². The molecule has 289 valence electrons. The average molecular weight is 939 g/mol. The SMILES string of the molecule is C#Cc1ccc2c(c1)C(CCCCCC)(CCCCCC)c1cc(C(C=C3CCCC3=C)=C([C]#[Os])[P+](c3ccccc3)(c3ccccc3)c3ccccc3)ccc1-2. The normalized spacial score (nSPS) is 15.5. The molecule has 0 aromatic heterocycles. The van der Waals surface area contributed by atoms with Crippen molar-refractivity contribution in [3.8, 4) is 27.8 Å². The second-order valence-corrected chi connectivity index (χ2v) is 20.0. The van der Waals surface area contributed by atoms with Gasteiger partial charge >= 0.3 is 342 Å². The zero-order valence-electron chi connectivity index (χ0n) is 34.0. The van der Waals surface area contributed by atoms with Crippen molar-refractivity contribution >= 4 is 28.7 Å². The summed E-state index contributed by atoms with van der Waals surface area (Å²) in [7, 11) is -2.45. The van der Waals surface area contributed by atoms with Gasteiger partial charge in [0.05, 0.1) is 0 Å². The fraction of sp³-hybridized carbons (Fsp3) is 0.291. The van der Waals surface area contributed by atoms with Crippen LogP contribution in [0.5, 0.6) is 0 Å². The van der Waals surface area contributed by atoms with Crippen molar-refractivity contribution in [2.24, 2.45) is 0 Å². The Balaban J connectivity index is 1.56. The van der Waals surface area contributed by atoms with E-state index < -0.39 is 7.26 Å². The molecule has 2 aliphatic carbocycles. The second kappa shape index (κ2) is 19.0. The van der Waals surface area contributed by atoms with Crippen LogP contribution in [0.25, 0.3) is 16.7 Å². The van der Waals surface area contributed by atoms with Gasteiger partial charge in [0.2, 0.25) is 0 Å². The van der Waals surface area contributed by atoms with Gasteiger partial charge in [0.25, 0.3) is 0 Å². The molecule has 7 rings (SSSR count). The van der Waals surface area contributed by atoms with Gasteiger partial charge in [-0.1, -0.05) is 13.8 Å². The van der Waals surface area contributed by atoms with E-state index in [1.165, 1.54) is 117 Å². The maximum atomic E-state index is 6.13. The first-order valence-corrected chi connectivity index (χ1v) is 24.4. The van der Waals surface area contributed by atoms with Crippen LogP contribution in [0.2, 0.25) is 0 Å². The summed E-state index contributed by atoms with van der Waals surface area (Å²) >= 11 is 1.88. The summed E-state index contributed by atoms with van der Waals surface area (Å²) in [5.74, 6) is 3.01. The Morgan fingerprint density at radius 3 is 1.68 bits per heavy atom. The van der Waals surface area contributed by atoms with E-state index >= 15 is 0 Å². The van der Waals surface area contributed by atoms with Crippen molar-refractivity contribution in [1.82, 2.24) is 0 Å². The molecule has 2 heteroatoms. The van der Waals surface area contributed by atoms with Crippen molar-refractivity contribution < 1.29 is 17.9 Å². The first-order valence-electron chi connectivity index (χ1n) is 21.3. The van der Waals surface area contributed by atoms with Crippen molar-refractivity contribution in [3.05, 3.63) is 179 Å². The monoisotopic (exact) mass is 940 g/mol. The summed E-state index contributed by atoms with van der Waals surface area (Å²) in [6.07, 6.45) is 24.2. The molecule has 0 nitrogen and oxygen atoms in total. The Morgan fingerprint density at radius 1 is 0.684 bits per heavy atom. The number of hydrogen-bond donors (Lipinski definition) is 0. The fourth-order valence-electron chi connectivity index (χ4n) is 9.67. The topological polar surface area (TPSA) is 0 Å². The third-order valence-electron chi connectivity index (χ3n) is 12.6. The summed E-state index contributed by atoms with van der Waals surface area (Å²) in [6.45, 7) is 9.24. The van der Waals surface area contributed by atoms with Gasteiger partial charge in [0, 0.05) is 0 Å². The van der Waals surface area contributed by atoms with Gasteiger partial charge in [-0.15, -0.1) is 0 Å². The Bertz CT molecular complexity index is 2220. The van der Waals surface area contributed by atoms with E-state index in [9.17, 15) is 0 Å². The van der Waals surface area contributed by atoms with Crippen LogP contribution < -0.4 is 15.9 Å². The van der Waals surface area contributed by atoms with E-state index in [1.54, 1.807) is 0 Å². The molecule has 0 saturated heterocycles. The number of allylic oxidation sites excluding steroid dienone is 5.